The van der Waals surface area contributed by atoms with Crippen LogP contribution in [0.5, 0.6) is 0 Å². The Morgan fingerprint density at radius 2 is 2.00 bits per heavy atom. The lowest BCUT2D eigenvalue weighted by molar-refractivity contribution is 0.207. The summed E-state index contributed by atoms with van der Waals surface area (Å²) in [4.78, 5) is 6.34. The average Bonchev–Trinajstić information content (AvgIpc) is 2.92. The number of ether oxygens (including phenoxy) is 1. The minimum absolute atomic E-state index is 0. The standard InChI is InChI=1S/C16H15ClN2OS.ClH/c1-20-9-8-19(13-4-6-18-7-5-13)15-11-21-16-10-12(17)2-3-14(15)16;/h2-7,10-11H,8-9H2,1H3;1H. The molecule has 0 radical (unpaired) electrons. The van der Waals surface area contributed by atoms with Gasteiger partial charge in [-0.3, -0.25) is 4.98 Å². The number of benzene rings is 1. The van der Waals surface area contributed by atoms with Crippen LogP contribution in [0.4, 0.5) is 11.4 Å². The molecule has 6 heteroatoms. The summed E-state index contributed by atoms with van der Waals surface area (Å²) in [5, 5.41) is 4.14. The minimum atomic E-state index is 0. The molecule has 0 bridgehead atoms. The summed E-state index contributed by atoms with van der Waals surface area (Å²) in [6, 6.07) is 10.0. The lowest BCUT2D eigenvalue weighted by atomic mass is 10.2. The topological polar surface area (TPSA) is 25.4 Å². The van der Waals surface area contributed by atoms with Crippen molar-refractivity contribution in [1.82, 2.24) is 4.98 Å². The van der Waals surface area contributed by atoms with Gasteiger partial charge < -0.3 is 9.64 Å². The Kier molecular flexibility index (Phi) is 6.03. The highest BCUT2D eigenvalue weighted by Gasteiger charge is 2.14. The van der Waals surface area contributed by atoms with E-state index in [0.717, 1.165) is 17.3 Å². The van der Waals surface area contributed by atoms with E-state index in [2.05, 4.69) is 21.3 Å². The molecule has 0 saturated heterocycles. The molecular weight excluding hydrogens is 339 g/mol. The SMILES string of the molecule is COCCN(c1ccncc1)c1csc2cc(Cl)ccc12.Cl. The van der Waals surface area contributed by atoms with Crippen LogP contribution in [0.2, 0.25) is 5.02 Å². The van der Waals surface area contributed by atoms with Gasteiger partial charge in [0.05, 0.1) is 12.3 Å². The Morgan fingerprint density at radius 1 is 1.23 bits per heavy atom. The van der Waals surface area contributed by atoms with Gasteiger partial charge in [-0.05, 0) is 30.3 Å². The number of fused-ring (bicyclic) bond motifs is 1. The number of rotatable bonds is 5. The summed E-state index contributed by atoms with van der Waals surface area (Å²) < 4.78 is 6.44. The first-order chi connectivity index (χ1) is 10.3. The van der Waals surface area contributed by atoms with Crippen LogP contribution in [-0.2, 0) is 4.74 Å². The fraction of sp³-hybridized carbons (Fsp3) is 0.188. The number of hydrogen-bond acceptors (Lipinski definition) is 4. The number of aromatic nitrogens is 1. The molecule has 116 valence electrons. The maximum atomic E-state index is 6.07. The quantitative estimate of drug-likeness (QED) is 0.632. The molecule has 0 aliphatic heterocycles. The number of methoxy groups -OCH3 is 1. The molecule has 3 nitrogen and oxygen atoms in total. The van der Waals surface area contributed by atoms with Gasteiger partial charge in [-0.25, -0.2) is 0 Å². The molecule has 1 aromatic carbocycles. The molecule has 3 aromatic rings. The maximum Gasteiger partial charge on any atom is 0.0642 e. The first kappa shape index (κ1) is 17.0. The normalized spacial score (nSPS) is 10.5. The van der Waals surface area contributed by atoms with E-state index in [1.165, 1.54) is 15.8 Å². The van der Waals surface area contributed by atoms with Crippen molar-refractivity contribution in [2.45, 2.75) is 0 Å². The van der Waals surface area contributed by atoms with E-state index >= 15 is 0 Å². The van der Waals surface area contributed by atoms with Crippen molar-refractivity contribution in [3.63, 3.8) is 0 Å². The van der Waals surface area contributed by atoms with Crippen molar-refractivity contribution < 1.29 is 4.74 Å². The van der Waals surface area contributed by atoms with Gasteiger partial charge in [0.1, 0.15) is 0 Å². The molecular formula is C16H16Cl2N2OS. The molecule has 0 aliphatic rings. The van der Waals surface area contributed by atoms with Gasteiger partial charge >= 0.3 is 0 Å². The minimum Gasteiger partial charge on any atom is -0.383 e. The van der Waals surface area contributed by atoms with Crippen molar-refractivity contribution in [2.75, 3.05) is 25.2 Å². The average molecular weight is 355 g/mol. The first-order valence-corrected chi connectivity index (χ1v) is 7.88. The van der Waals surface area contributed by atoms with Crippen molar-refractivity contribution in [2.24, 2.45) is 0 Å². The van der Waals surface area contributed by atoms with Crippen molar-refractivity contribution in [1.29, 1.82) is 0 Å². The van der Waals surface area contributed by atoms with Gasteiger partial charge in [0.15, 0.2) is 0 Å². The largest absolute Gasteiger partial charge is 0.383 e. The lowest BCUT2D eigenvalue weighted by Crippen LogP contribution is -2.21. The van der Waals surface area contributed by atoms with E-state index in [4.69, 9.17) is 16.3 Å². The first-order valence-electron chi connectivity index (χ1n) is 6.63. The van der Waals surface area contributed by atoms with Gasteiger partial charge in [-0.2, -0.15) is 0 Å². The van der Waals surface area contributed by atoms with E-state index in [0.29, 0.717) is 6.61 Å². The van der Waals surface area contributed by atoms with Crippen molar-refractivity contribution in [3.8, 4) is 0 Å². The highest BCUT2D eigenvalue weighted by atomic mass is 35.5. The van der Waals surface area contributed by atoms with Crippen LogP contribution in [0.15, 0.2) is 48.1 Å². The Balaban J connectivity index is 0.00000176. The fourth-order valence-electron chi connectivity index (χ4n) is 2.29. The van der Waals surface area contributed by atoms with Crippen LogP contribution >= 0.6 is 35.3 Å². The summed E-state index contributed by atoms with van der Waals surface area (Å²) in [7, 11) is 1.72. The van der Waals surface area contributed by atoms with Gasteiger partial charge in [-0.1, -0.05) is 11.6 Å². The molecule has 0 aliphatic carbocycles. The fourth-order valence-corrected chi connectivity index (χ4v) is 3.52. The highest BCUT2D eigenvalue weighted by Crippen LogP contribution is 2.37. The summed E-state index contributed by atoms with van der Waals surface area (Å²) in [6.45, 7) is 1.45. The predicted octanol–water partition coefficient (Wildman–Crippen LogP) is 5.16. The maximum absolute atomic E-state index is 6.07. The van der Waals surface area contributed by atoms with Gasteiger partial charge in [0.25, 0.3) is 0 Å². The zero-order valence-electron chi connectivity index (χ0n) is 12.0. The Bertz CT molecular complexity index is 733. The molecule has 0 fully saturated rings. The molecule has 0 unspecified atom stereocenters. The molecule has 0 spiro atoms. The molecule has 0 atom stereocenters. The zero-order valence-corrected chi connectivity index (χ0v) is 14.4. The molecule has 2 aromatic heterocycles. The Labute approximate surface area is 144 Å². The third kappa shape index (κ3) is 3.52. The molecule has 0 amide bonds. The monoisotopic (exact) mass is 354 g/mol. The molecule has 22 heavy (non-hydrogen) atoms. The zero-order chi connectivity index (χ0) is 14.7. The van der Waals surface area contributed by atoms with Crippen LogP contribution in [-0.4, -0.2) is 25.2 Å². The summed E-state index contributed by atoms with van der Waals surface area (Å²) in [6.07, 6.45) is 3.61. The van der Waals surface area contributed by atoms with Gasteiger partial charge in [0, 0.05) is 52.2 Å². The number of thiophene rings is 1. The second-order valence-electron chi connectivity index (χ2n) is 4.61. The number of pyridine rings is 1. The Hall–Kier alpha value is -1.33. The van der Waals surface area contributed by atoms with E-state index in [9.17, 15) is 0 Å². The summed E-state index contributed by atoms with van der Waals surface area (Å²) >= 11 is 7.77. The van der Waals surface area contributed by atoms with Gasteiger partial charge in [-0.15, -0.1) is 23.7 Å². The summed E-state index contributed by atoms with van der Waals surface area (Å²) in [5.41, 5.74) is 2.28. The predicted molar refractivity (Wildman–Crippen MR) is 97.2 cm³/mol. The summed E-state index contributed by atoms with van der Waals surface area (Å²) in [5.74, 6) is 0. The van der Waals surface area contributed by atoms with E-state index in [1.54, 1.807) is 30.8 Å². The third-order valence-corrected chi connectivity index (χ3v) is 4.47. The van der Waals surface area contributed by atoms with Crippen LogP contribution in [0.3, 0.4) is 0 Å². The number of nitrogens with zero attached hydrogens (tertiary/aromatic N) is 2. The van der Waals surface area contributed by atoms with Crippen molar-refractivity contribution >= 4 is 56.8 Å². The van der Waals surface area contributed by atoms with E-state index < -0.39 is 0 Å². The second-order valence-corrected chi connectivity index (χ2v) is 5.96. The van der Waals surface area contributed by atoms with Crippen LogP contribution < -0.4 is 4.90 Å². The third-order valence-electron chi connectivity index (χ3n) is 3.30. The number of halogens is 2. The second kappa shape index (κ2) is 7.79. The Morgan fingerprint density at radius 3 is 2.73 bits per heavy atom. The molecule has 2 heterocycles. The molecule has 0 saturated carbocycles. The smallest absolute Gasteiger partial charge is 0.0642 e. The lowest BCUT2D eigenvalue weighted by Gasteiger charge is -2.24. The van der Waals surface area contributed by atoms with Crippen LogP contribution in [0.25, 0.3) is 10.1 Å². The van der Waals surface area contributed by atoms with E-state index in [-0.39, 0.29) is 12.4 Å². The number of anilines is 2. The number of hydrogen-bond donors (Lipinski definition) is 0. The van der Waals surface area contributed by atoms with Crippen molar-refractivity contribution in [3.05, 3.63) is 53.1 Å². The van der Waals surface area contributed by atoms with Crippen LogP contribution in [0.1, 0.15) is 0 Å². The molecule has 3 rings (SSSR count). The van der Waals surface area contributed by atoms with E-state index in [1.807, 2.05) is 24.3 Å². The van der Waals surface area contributed by atoms with Crippen LogP contribution in [0, 0.1) is 0 Å². The highest BCUT2D eigenvalue weighted by molar-refractivity contribution is 7.17. The molecule has 0 N–H and O–H groups in total. The van der Waals surface area contributed by atoms with Gasteiger partial charge in [0.2, 0.25) is 0 Å².